The van der Waals surface area contributed by atoms with Crippen LogP contribution >= 0.6 is 23.2 Å². The molecule has 0 amide bonds. The van der Waals surface area contributed by atoms with E-state index in [2.05, 4.69) is 15.0 Å². The van der Waals surface area contributed by atoms with Gasteiger partial charge in [0.15, 0.2) is 0 Å². The Morgan fingerprint density at radius 2 is 1.89 bits per heavy atom. The second-order valence-corrected chi connectivity index (χ2v) is 5.41. The van der Waals surface area contributed by atoms with E-state index in [0.717, 1.165) is 18.5 Å². The number of aryl methyl sites for hydroxylation is 1. The molecule has 0 radical (unpaired) electrons. The highest BCUT2D eigenvalue weighted by atomic mass is 35.5. The minimum Gasteiger partial charge on any atom is -0.302 e. The molecule has 0 bridgehead atoms. The Bertz CT molecular complexity index is 533. The van der Waals surface area contributed by atoms with E-state index in [9.17, 15) is 0 Å². The van der Waals surface area contributed by atoms with Crippen LogP contribution in [0.3, 0.4) is 0 Å². The van der Waals surface area contributed by atoms with Crippen molar-refractivity contribution < 1.29 is 0 Å². The number of aromatic nitrogens is 3. The summed E-state index contributed by atoms with van der Waals surface area (Å²) < 4.78 is 1.81. The predicted octanol–water partition coefficient (Wildman–Crippen LogP) is 2.80. The molecule has 0 saturated carbocycles. The highest BCUT2D eigenvalue weighted by molar-refractivity contribution is 6.35. The van der Waals surface area contributed by atoms with E-state index in [-0.39, 0.29) is 0 Å². The van der Waals surface area contributed by atoms with E-state index in [0.29, 0.717) is 16.6 Å². The van der Waals surface area contributed by atoms with Crippen molar-refractivity contribution in [2.24, 2.45) is 7.05 Å². The minimum absolute atomic E-state index is 0.612. The molecule has 0 unspecified atom stereocenters. The van der Waals surface area contributed by atoms with Gasteiger partial charge in [-0.2, -0.15) is 5.10 Å². The number of halogens is 2. The van der Waals surface area contributed by atoms with Crippen LogP contribution in [0.1, 0.15) is 11.1 Å². The Hall–Kier alpha value is -1.10. The smallest absolute Gasteiger partial charge is 0.0649 e. The van der Waals surface area contributed by atoms with Crippen LogP contribution in [0.5, 0.6) is 0 Å². The molecule has 2 heterocycles. The van der Waals surface area contributed by atoms with Crippen molar-refractivity contribution in [1.82, 2.24) is 19.7 Å². The van der Waals surface area contributed by atoms with E-state index >= 15 is 0 Å². The molecule has 4 nitrogen and oxygen atoms in total. The average Bonchev–Trinajstić information content (AvgIpc) is 2.77. The number of hydrogen-bond donors (Lipinski definition) is 0. The fraction of sp³-hybridized carbons (Fsp3) is 0.385. The Morgan fingerprint density at radius 3 is 2.47 bits per heavy atom. The van der Waals surface area contributed by atoms with E-state index in [1.165, 1.54) is 5.56 Å². The van der Waals surface area contributed by atoms with Gasteiger partial charge < -0.3 is 4.90 Å². The van der Waals surface area contributed by atoms with E-state index in [4.69, 9.17) is 23.2 Å². The van der Waals surface area contributed by atoms with Gasteiger partial charge in [-0.15, -0.1) is 0 Å². The van der Waals surface area contributed by atoms with E-state index < -0.39 is 0 Å². The first kappa shape index (κ1) is 14.3. The number of nitrogens with zero attached hydrogens (tertiary/aromatic N) is 4. The predicted molar refractivity (Wildman–Crippen MR) is 77.5 cm³/mol. The van der Waals surface area contributed by atoms with Gasteiger partial charge in [-0.3, -0.25) is 9.67 Å². The summed E-state index contributed by atoms with van der Waals surface area (Å²) in [5, 5.41) is 5.38. The van der Waals surface area contributed by atoms with Crippen molar-refractivity contribution in [3.05, 3.63) is 46.0 Å². The number of hydrogen-bond acceptors (Lipinski definition) is 3. The minimum atomic E-state index is 0.612. The average molecular weight is 299 g/mol. The van der Waals surface area contributed by atoms with Crippen molar-refractivity contribution in [3.63, 3.8) is 0 Å². The SMILES string of the molecule is CN(CCc1cnn(C)c1)Cc1c(Cl)cncc1Cl. The molecular weight excluding hydrogens is 283 g/mol. The maximum Gasteiger partial charge on any atom is 0.0649 e. The first-order valence-electron chi connectivity index (χ1n) is 6.00. The molecule has 0 spiro atoms. The van der Waals surface area contributed by atoms with Crippen molar-refractivity contribution in [1.29, 1.82) is 0 Å². The molecule has 0 saturated heterocycles. The number of pyridine rings is 1. The van der Waals surface area contributed by atoms with Gasteiger partial charge in [-0.05, 0) is 19.0 Å². The number of likely N-dealkylation sites (N-methyl/N-ethyl adjacent to an activating group) is 1. The first-order chi connectivity index (χ1) is 9.06. The van der Waals surface area contributed by atoms with Crippen LogP contribution in [0, 0.1) is 0 Å². The van der Waals surface area contributed by atoms with Gasteiger partial charge in [-0.25, -0.2) is 0 Å². The Balaban J connectivity index is 1.92. The van der Waals surface area contributed by atoms with Gasteiger partial charge in [0.25, 0.3) is 0 Å². The van der Waals surface area contributed by atoms with Crippen molar-refractivity contribution in [3.8, 4) is 0 Å². The molecule has 2 aromatic rings. The van der Waals surface area contributed by atoms with Gasteiger partial charge in [0.05, 0.1) is 16.2 Å². The summed E-state index contributed by atoms with van der Waals surface area (Å²) in [4.78, 5) is 6.14. The summed E-state index contributed by atoms with van der Waals surface area (Å²) in [7, 11) is 3.97. The quantitative estimate of drug-likeness (QED) is 0.851. The van der Waals surface area contributed by atoms with Crippen molar-refractivity contribution in [2.45, 2.75) is 13.0 Å². The van der Waals surface area contributed by atoms with Gasteiger partial charge in [0.1, 0.15) is 0 Å². The summed E-state index contributed by atoms with van der Waals surface area (Å²) >= 11 is 12.2. The Morgan fingerprint density at radius 1 is 1.21 bits per heavy atom. The lowest BCUT2D eigenvalue weighted by Gasteiger charge is -2.17. The van der Waals surface area contributed by atoms with Crippen molar-refractivity contribution in [2.75, 3.05) is 13.6 Å². The second kappa shape index (κ2) is 6.37. The maximum absolute atomic E-state index is 6.11. The van der Waals surface area contributed by atoms with Crippen LogP contribution in [0.25, 0.3) is 0 Å². The standard InChI is InChI=1S/C13H16Cl2N4/c1-18(4-3-10-5-17-19(2)8-10)9-11-12(14)6-16-7-13(11)15/h5-8H,3-4,9H2,1-2H3. The molecular formula is C13H16Cl2N4. The van der Waals surface area contributed by atoms with Crippen LogP contribution in [-0.4, -0.2) is 33.3 Å². The zero-order chi connectivity index (χ0) is 13.8. The normalized spacial score (nSPS) is 11.2. The van der Waals surface area contributed by atoms with E-state index in [1.807, 2.05) is 31.2 Å². The lowest BCUT2D eigenvalue weighted by atomic mass is 10.2. The highest BCUT2D eigenvalue weighted by Gasteiger charge is 2.09. The van der Waals surface area contributed by atoms with Crippen molar-refractivity contribution >= 4 is 23.2 Å². The molecule has 0 aromatic carbocycles. The molecule has 102 valence electrons. The lowest BCUT2D eigenvalue weighted by molar-refractivity contribution is 0.331. The molecule has 6 heteroatoms. The third kappa shape index (κ3) is 3.93. The topological polar surface area (TPSA) is 34.0 Å². The monoisotopic (exact) mass is 298 g/mol. The summed E-state index contributed by atoms with van der Waals surface area (Å²) in [6, 6.07) is 0. The van der Waals surface area contributed by atoms with Gasteiger partial charge >= 0.3 is 0 Å². The summed E-state index contributed by atoms with van der Waals surface area (Å²) in [5.74, 6) is 0. The maximum atomic E-state index is 6.11. The van der Waals surface area contributed by atoms with Crippen LogP contribution in [0.15, 0.2) is 24.8 Å². The third-order valence-electron chi connectivity index (χ3n) is 2.92. The van der Waals surface area contributed by atoms with Gasteiger partial charge in [0, 0.05) is 44.3 Å². The summed E-state index contributed by atoms with van der Waals surface area (Å²) in [6.45, 7) is 1.63. The fourth-order valence-electron chi connectivity index (χ4n) is 1.86. The molecule has 2 rings (SSSR count). The first-order valence-corrected chi connectivity index (χ1v) is 6.76. The fourth-order valence-corrected chi connectivity index (χ4v) is 2.34. The molecule has 0 aliphatic heterocycles. The zero-order valence-corrected chi connectivity index (χ0v) is 12.5. The van der Waals surface area contributed by atoms with Crippen LogP contribution in [0.4, 0.5) is 0 Å². The zero-order valence-electron chi connectivity index (χ0n) is 11.0. The molecule has 2 aromatic heterocycles. The van der Waals surface area contributed by atoms with Gasteiger partial charge in [-0.1, -0.05) is 23.2 Å². The molecule has 0 atom stereocenters. The molecule has 19 heavy (non-hydrogen) atoms. The van der Waals surface area contributed by atoms with Gasteiger partial charge in [0.2, 0.25) is 0 Å². The lowest BCUT2D eigenvalue weighted by Crippen LogP contribution is -2.21. The largest absolute Gasteiger partial charge is 0.302 e. The van der Waals surface area contributed by atoms with Crippen LogP contribution in [0.2, 0.25) is 10.0 Å². The van der Waals surface area contributed by atoms with Crippen LogP contribution in [-0.2, 0) is 20.0 Å². The number of rotatable bonds is 5. The molecule has 0 aliphatic rings. The van der Waals surface area contributed by atoms with Crippen LogP contribution < -0.4 is 0 Å². The Labute approximate surface area is 123 Å². The molecule has 0 aliphatic carbocycles. The molecule has 0 fully saturated rings. The second-order valence-electron chi connectivity index (χ2n) is 4.59. The summed E-state index contributed by atoms with van der Waals surface area (Å²) in [6.07, 6.45) is 8.11. The molecule has 0 N–H and O–H groups in total. The Kier molecular flexibility index (Phi) is 4.80. The van der Waals surface area contributed by atoms with E-state index in [1.54, 1.807) is 12.4 Å². The third-order valence-corrected chi connectivity index (χ3v) is 3.57. The highest BCUT2D eigenvalue weighted by Crippen LogP contribution is 2.23. The summed E-state index contributed by atoms with van der Waals surface area (Å²) in [5.41, 5.74) is 2.15.